The van der Waals surface area contributed by atoms with Gasteiger partial charge in [0.05, 0.1) is 7.11 Å². The molecule has 1 amide bonds. The molecular formula is C8H12F3NO2. The van der Waals surface area contributed by atoms with Gasteiger partial charge in [0, 0.05) is 7.05 Å². The van der Waals surface area contributed by atoms with Gasteiger partial charge in [-0.05, 0) is 12.8 Å². The van der Waals surface area contributed by atoms with Crippen LogP contribution in [-0.4, -0.2) is 31.3 Å². The highest BCUT2D eigenvalue weighted by molar-refractivity contribution is 5.83. The van der Waals surface area contributed by atoms with Gasteiger partial charge in [-0.2, -0.15) is 13.2 Å². The Balaban J connectivity index is 2.86. The van der Waals surface area contributed by atoms with Gasteiger partial charge >= 0.3 is 6.18 Å². The maximum Gasteiger partial charge on any atom is 0.403 e. The SMILES string of the molecule is CON(C)C(=O)C1(C(F)(F)F)CCC1. The Bertz CT molecular complexity index is 235. The van der Waals surface area contributed by atoms with E-state index >= 15 is 0 Å². The molecule has 0 radical (unpaired) electrons. The molecule has 0 aliphatic heterocycles. The molecule has 82 valence electrons. The van der Waals surface area contributed by atoms with E-state index in [4.69, 9.17) is 0 Å². The van der Waals surface area contributed by atoms with E-state index in [0.717, 1.165) is 0 Å². The fraction of sp³-hybridized carbons (Fsp3) is 0.875. The van der Waals surface area contributed by atoms with Gasteiger partial charge in [-0.1, -0.05) is 6.42 Å². The third kappa shape index (κ3) is 1.47. The van der Waals surface area contributed by atoms with Crippen molar-refractivity contribution in [3.05, 3.63) is 0 Å². The van der Waals surface area contributed by atoms with Crippen LogP contribution < -0.4 is 0 Å². The number of hydroxylamine groups is 2. The minimum Gasteiger partial charge on any atom is -0.275 e. The summed E-state index contributed by atoms with van der Waals surface area (Å²) in [7, 11) is 2.36. The van der Waals surface area contributed by atoms with Crippen molar-refractivity contribution < 1.29 is 22.8 Å². The van der Waals surface area contributed by atoms with Gasteiger partial charge in [-0.15, -0.1) is 0 Å². The average molecular weight is 211 g/mol. The highest BCUT2D eigenvalue weighted by atomic mass is 19.4. The Morgan fingerprint density at radius 1 is 1.43 bits per heavy atom. The van der Waals surface area contributed by atoms with Crippen LogP contribution in [0.15, 0.2) is 0 Å². The van der Waals surface area contributed by atoms with Gasteiger partial charge in [-0.3, -0.25) is 9.63 Å². The van der Waals surface area contributed by atoms with E-state index in [-0.39, 0.29) is 12.8 Å². The Morgan fingerprint density at radius 3 is 2.14 bits per heavy atom. The number of amides is 1. The third-order valence-corrected chi connectivity index (χ3v) is 2.72. The van der Waals surface area contributed by atoms with Gasteiger partial charge in [-0.25, -0.2) is 5.06 Å². The van der Waals surface area contributed by atoms with Crippen LogP contribution in [0.3, 0.4) is 0 Å². The Kier molecular flexibility index (Phi) is 2.76. The van der Waals surface area contributed by atoms with E-state index in [9.17, 15) is 18.0 Å². The highest BCUT2D eigenvalue weighted by Crippen LogP contribution is 2.53. The summed E-state index contributed by atoms with van der Waals surface area (Å²) in [5.74, 6) is -1.00. The minimum absolute atomic E-state index is 0.136. The van der Waals surface area contributed by atoms with Gasteiger partial charge in [0.25, 0.3) is 5.91 Å². The topological polar surface area (TPSA) is 29.5 Å². The first-order chi connectivity index (χ1) is 6.35. The van der Waals surface area contributed by atoms with Gasteiger partial charge in [0.2, 0.25) is 0 Å². The van der Waals surface area contributed by atoms with E-state index in [1.54, 1.807) is 0 Å². The lowest BCUT2D eigenvalue weighted by molar-refractivity contribution is -0.261. The summed E-state index contributed by atoms with van der Waals surface area (Å²) in [6.45, 7) is 0. The molecule has 0 aromatic rings. The maximum atomic E-state index is 12.6. The smallest absolute Gasteiger partial charge is 0.275 e. The number of alkyl halides is 3. The molecule has 1 rings (SSSR count). The predicted molar refractivity (Wildman–Crippen MR) is 42.1 cm³/mol. The van der Waals surface area contributed by atoms with Crippen LogP contribution in [0, 0.1) is 5.41 Å². The van der Waals surface area contributed by atoms with Crippen LogP contribution in [0.4, 0.5) is 13.2 Å². The summed E-state index contributed by atoms with van der Waals surface area (Å²) >= 11 is 0. The standard InChI is InChI=1S/C8H12F3NO2/c1-12(14-2)6(13)7(4-3-5-7)8(9,10)11/h3-5H2,1-2H3. The van der Waals surface area contributed by atoms with E-state index in [1.165, 1.54) is 14.2 Å². The van der Waals surface area contributed by atoms with Crippen molar-refractivity contribution in [3.63, 3.8) is 0 Å². The van der Waals surface area contributed by atoms with Crippen LogP contribution in [0.1, 0.15) is 19.3 Å². The molecule has 0 spiro atoms. The molecule has 0 N–H and O–H groups in total. The second-order valence-electron chi connectivity index (χ2n) is 3.42. The summed E-state index contributed by atoms with van der Waals surface area (Å²) in [5, 5.41) is 0.645. The van der Waals surface area contributed by atoms with Gasteiger partial charge in [0.15, 0.2) is 0 Å². The normalized spacial score (nSPS) is 20.1. The number of halogens is 3. The second-order valence-corrected chi connectivity index (χ2v) is 3.42. The molecule has 0 atom stereocenters. The quantitative estimate of drug-likeness (QED) is 0.651. The number of nitrogens with zero attached hydrogens (tertiary/aromatic N) is 1. The molecule has 1 aliphatic rings. The summed E-state index contributed by atoms with van der Waals surface area (Å²) in [6, 6.07) is 0. The molecular weight excluding hydrogens is 199 g/mol. The zero-order valence-electron chi connectivity index (χ0n) is 8.02. The van der Waals surface area contributed by atoms with Crippen molar-refractivity contribution in [2.45, 2.75) is 25.4 Å². The van der Waals surface area contributed by atoms with Crippen molar-refractivity contribution in [1.82, 2.24) is 5.06 Å². The number of hydrogen-bond donors (Lipinski definition) is 0. The van der Waals surface area contributed by atoms with Crippen molar-refractivity contribution in [1.29, 1.82) is 0 Å². The van der Waals surface area contributed by atoms with Crippen LogP contribution >= 0.6 is 0 Å². The molecule has 0 unspecified atom stereocenters. The maximum absolute atomic E-state index is 12.6. The number of hydrogen-bond acceptors (Lipinski definition) is 2. The van der Waals surface area contributed by atoms with Crippen molar-refractivity contribution in [2.75, 3.05) is 14.2 Å². The zero-order chi connectivity index (χ0) is 11.0. The summed E-state index contributed by atoms with van der Waals surface area (Å²) in [5.41, 5.74) is -2.20. The first-order valence-electron chi connectivity index (χ1n) is 4.24. The van der Waals surface area contributed by atoms with E-state index in [0.29, 0.717) is 11.5 Å². The number of carbonyl (C=O) groups excluding carboxylic acids is 1. The van der Waals surface area contributed by atoms with E-state index in [1.807, 2.05) is 0 Å². The average Bonchev–Trinajstić information content (AvgIpc) is 1.97. The molecule has 0 aromatic heterocycles. The molecule has 1 saturated carbocycles. The molecule has 0 heterocycles. The van der Waals surface area contributed by atoms with Crippen molar-refractivity contribution in [2.24, 2.45) is 5.41 Å². The summed E-state index contributed by atoms with van der Waals surface area (Å²) < 4.78 is 37.8. The lowest BCUT2D eigenvalue weighted by Crippen LogP contribution is -2.55. The molecule has 14 heavy (non-hydrogen) atoms. The fourth-order valence-corrected chi connectivity index (χ4v) is 1.53. The largest absolute Gasteiger partial charge is 0.403 e. The summed E-state index contributed by atoms with van der Waals surface area (Å²) in [6.07, 6.45) is -4.32. The molecule has 0 saturated heterocycles. The lowest BCUT2D eigenvalue weighted by Gasteiger charge is -2.42. The third-order valence-electron chi connectivity index (χ3n) is 2.72. The molecule has 0 bridgehead atoms. The van der Waals surface area contributed by atoms with Crippen molar-refractivity contribution >= 4 is 5.91 Å². The minimum atomic E-state index is -4.48. The molecule has 0 aromatic carbocycles. The van der Waals surface area contributed by atoms with Crippen molar-refractivity contribution in [3.8, 4) is 0 Å². The van der Waals surface area contributed by atoms with Crippen LogP contribution in [-0.2, 0) is 9.63 Å². The fourth-order valence-electron chi connectivity index (χ4n) is 1.53. The Hall–Kier alpha value is -0.780. The predicted octanol–water partition coefficient (Wildman–Crippen LogP) is 1.74. The summed E-state index contributed by atoms with van der Waals surface area (Å²) in [4.78, 5) is 15.9. The molecule has 1 aliphatic carbocycles. The van der Waals surface area contributed by atoms with E-state index in [2.05, 4.69) is 4.84 Å². The van der Waals surface area contributed by atoms with Crippen LogP contribution in [0.5, 0.6) is 0 Å². The van der Waals surface area contributed by atoms with Gasteiger partial charge in [0.1, 0.15) is 5.41 Å². The monoisotopic (exact) mass is 211 g/mol. The van der Waals surface area contributed by atoms with Gasteiger partial charge < -0.3 is 0 Å². The number of carbonyl (C=O) groups is 1. The highest BCUT2D eigenvalue weighted by Gasteiger charge is 2.64. The Labute approximate surface area is 79.8 Å². The van der Waals surface area contributed by atoms with E-state index < -0.39 is 17.5 Å². The lowest BCUT2D eigenvalue weighted by atomic mass is 9.67. The molecule has 3 nitrogen and oxygen atoms in total. The zero-order valence-corrected chi connectivity index (χ0v) is 8.02. The first-order valence-corrected chi connectivity index (χ1v) is 4.24. The van der Waals surface area contributed by atoms with Crippen LogP contribution in [0.25, 0.3) is 0 Å². The first kappa shape index (κ1) is 11.3. The molecule has 6 heteroatoms. The Morgan fingerprint density at radius 2 is 1.93 bits per heavy atom. The number of rotatable bonds is 2. The molecule has 1 fully saturated rings. The van der Waals surface area contributed by atoms with Crippen LogP contribution in [0.2, 0.25) is 0 Å². The second kappa shape index (κ2) is 3.42.